The lowest BCUT2D eigenvalue weighted by Crippen LogP contribution is -2.28. The van der Waals surface area contributed by atoms with E-state index in [4.69, 9.17) is 10.2 Å². The summed E-state index contributed by atoms with van der Waals surface area (Å²) in [6.45, 7) is 0.406. The average molecular weight is 200 g/mol. The summed E-state index contributed by atoms with van der Waals surface area (Å²) in [5.41, 5.74) is 0.704. The van der Waals surface area contributed by atoms with Gasteiger partial charge in [0, 0.05) is 19.3 Å². The zero-order valence-electron chi connectivity index (χ0n) is 7.65. The monoisotopic (exact) mass is 200 g/mol. The van der Waals surface area contributed by atoms with Crippen LogP contribution in [0.4, 0.5) is 4.39 Å². The number of aliphatic hydroxyl groups excluding tert-OH is 2. The fraction of sp³-hybridized carbons (Fsp3) is 0.444. The summed E-state index contributed by atoms with van der Waals surface area (Å²) in [5, 5.41) is 20.4. The minimum Gasteiger partial charge on any atom is -0.394 e. The molecule has 1 aromatic rings. The highest BCUT2D eigenvalue weighted by molar-refractivity contribution is 5.09. The molecule has 0 spiro atoms. The van der Waals surface area contributed by atoms with Gasteiger partial charge in [-0.05, 0) is 11.6 Å². The molecule has 1 heterocycles. The Kier molecular flexibility index (Phi) is 4.45. The van der Waals surface area contributed by atoms with Gasteiger partial charge in [0.25, 0.3) is 0 Å². The number of nitrogens with one attached hydrogen (secondary N) is 1. The molecule has 1 unspecified atom stereocenters. The van der Waals surface area contributed by atoms with E-state index in [1.54, 1.807) is 6.20 Å². The molecule has 0 saturated carbocycles. The molecule has 1 aromatic heterocycles. The lowest BCUT2D eigenvalue weighted by molar-refractivity contribution is 0.0942. The minimum absolute atomic E-state index is 0.271. The Morgan fingerprint density at radius 1 is 1.50 bits per heavy atom. The first-order valence-corrected chi connectivity index (χ1v) is 4.31. The molecule has 5 heteroatoms. The summed E-state index contributed by atoms with van der Waals surface area (Å²) in [5.74, 6) is -0.382. The van der Waals surface area contributed by atoms with E-state index in [1.807, 2.05) is 0 Å². The van der Waals surface area contributed by atoms with E-state index in [-0.39, 0.29) is 19.0 Å². The van der Waals surface area contributed by atoms with E-state index in [9.17, 15) is 4.39 Å². The summed E-state index contributed by atoms with van der Waals surface area (Å²) in [6, 6.07) is 1.37. The molecule has 78 valence electrons. The van der Waals surface area contributed by atoms with Crippen molar-refractivity contribution in [2.45, 2.75) is 12.6 Å². The molecule has 0 bridgehead atoms. The van der Waals surface area contributed by atoms with E-state index in [1.165, 1.54) is 6.07 Å². The third-order valence-corrected chi connectivity index (χ3v) is 1.68. The summed E-state index contributed by atoms with van der Waals surface area (Å²) in [7, 11) is 0. The van der Waals surface area contributed by atoms with E-state index in [0.717, 1.165) is 6.20 Å². The molecule has 0 amide bonds. The van der Waals surface area contributed by atoms with Crippen LogP contribution in [-0.4, -0.2) is 34.5 Å². The molecule has 0 aliphatic carbocycles. The summed E-state index contributed by atoms with van der Waals surface area (Å²) >= 11 is 0. The molecule has 3 N–H and O–H groups in total. The Morgan fingerprint density at radius 2 is 2.29 bits per heavy atom. The second-order valence-electron chi connectivity index (χ2n) is 2.98. The number of pyridine rings is 1. The molecule has 0 fully saturated rings. The van der Waals surface area contributed by atoms with Gasteiger partial charge < -0.3 is 15.5 Å². The average Bonchev–Trinajstić information content (AvgIpc) is 2.17. The molecule has 1 atom stereocenters. The topological polar surface area (TPSA) is 65.4 Å². The Balaban J connectivity index is 2.31. The van der Waals surface area contributed by atoms with Crippen molar-refractivity contribution in [3.05, 3.63) is 29.8 Å². The van der Waals surface area contributed by atoms with Crippen LogP contribution in [0.1, 0.15) is 5.56 Å². The number of rotatable bonds is 5. The van der Waals surface area contributed by atoms with Gasteiger partial charge in [0.05, 0.1) is 18.9 Å². The SMILES string of the molecule is OCC(O)CNCc1cncc(F)c1. The molecule has 1 rings (SSSR count). The number of halogens is 1. The Bertz CT molecular complexity index is 283. The largest absolute Gasteiger partial charge is 0.394 e. The fourth-order valence-corrected chi connectivity index (χ4v) is 1.00. The van der Waals surface area contributed by atoms with Gasteiger partial charge >= 0.3 is 0 Å². The van der Waals surface area contributed by atoms with Gasteiger partial charge in [0.15, 0.2) is 0 Å². The summed E-state index contributed by atoms with van der Waals surface area (Å²) in [6.07, 6.45) is 1.89. The molecule has 0 aliphatic rings. The number of hydrogen-bond donors (Lipinski definition) is 3. The highest BCUT2D eigenvalue weighted by Gasteiger charge is 2.01. The summed E-state index contributed by atoms with van der Waals surface area (Å²) < 4.78 is 12.6. The van der Waals surface area contributed by atoms with Crippen LogP contribution in [0.15, 0.2) is 18.5 Å². The first-order valence-electron chi connectivity index (χ1n) is 4.31. The van der Waals surface area contributed by atoms with Crippen LogP contribution in [0.3, 0.4) is 0 Å². The van der Waals surface area contributed by atoms with Crippen LogP contribution in [0.5, 0.6) is 0 Å². The van der Waals surface area contributed by atoms with Gasteiger partial charge in [0.2, 0.25) is 0 Å². The van der Waals surface area contributed by atoms with Gasteiger partial charge in [-0.3, -0.25) is 4.98 Å². The van der Waals surface area contributed by atoms with Crippen LogP contribution in [0, 0.1) is 5.82 Å². The Labute approximate surface area is 81.4 Å². The normalized spacial score (nSPS) is 12.8. The maximum atomic E-state index is 12.6. The van der Waals surface area contributed by atoms with Gasteiger partial charge in [-0.1, -0.05) is 0 Å². The molecule has 0 radical (unpaired) electrons. The molecule has 0 aliphatic heterocycles. The van der Waals surface area contributed by atoms with Crippen molar-refractivity contribution in [1.29, 1.82) is 0 Å². The van der Waals surface area contributed by atoms with Crippen LogP contribution < -0.4 is 5.32 Å². The zero-order chi connectivity index (χ0) is 10.4. The van der Waals surface area contributed by atoms with Crippen molar-refractivity contribution < 1.29 is 14.6 Å². The maximum Gasteiger partial charge on any atom is 0.141 e. The quantitative estimate of drug-likeness (QED) is 0.608. The van der Waals surface area contributed by atoms with E-state index in [2.05, 4.69) is 10.3 Å². The number of aromatic nitrogens is 1. The van der Waals surface area contributed by atoms with E-state index < -0.39 is 6.10 Å². The fourth-order valence-electron chi connectivity index (χ4n) is 1.00. The van der Waals surface area contributed by atoms with Crippen molar-refractivity contribution in [2.24, 2.45) is 0 Å². The van der Waals surface area contributed by atoms with Crippen molar-refractivity contribution in [1.82, 2.24) is 10.3 Å². The highest BCUT2D eigenvalue weighted by atomic mass is 19.1. The van der Waals surface area contributed by atoms with E-state index in [0.29, 0.717) is 12.1 Å². The Morgan fingerprint density at radius 3 is 2.93 bits per heavy atom. The first kappa shape index (κ1) is 11.0. The molecule has 0 aromatic carbocycles. The first-order chi connectivity index (χ1) is 6.72. The van der Waals surface area contributed by atoms with Crippen LogP contribution in [0.25, 0.3) is 0 Å². The predicted octanol–water partition coefficient (Wildman–Crippen LogP) is -0.337. The molecule has 0 saturated heterocycles. The Hall–Kier alpha value is -1.04. The van der Waals surface area contributed by atoms with Crippen LogP contribution >= 0.6 is 0 Å². The van der Waals surface area contributed by atoms with E-state index >= 15 is 0 Å². The smallest absolute Gasteiger partial charge is 0.141 e. The standard InChI is InChI=1S/C9H13FN2O2/c10-8-1-7(2-11-4-8)3-12-5-9(14)6-13/h1-2,4,9,12-14H,3,5-6H2. The second kappa shape index (κ2) is 5.64. The van der Waals surface area contributed by atoms with Gasteiger partial charge in [-0.2, -0.15) is 0 Å². The van der Waals surface area contributed by atoms with Crippen LogP contribution in [0.2, 0.25) is 0 Å². The third-order valence-electron chi connectivity index (χ3n) is 1.68. The summed E-state index contributed by atoms with van der Waals surface area (Å²) in [4.78, 5) is 3.68. The van der Waals surface area contributed by atoms with Gasteiger partial charge in [-0.15, -0.1) is 0 Å². The molecule has 14 heavy (non-hydrogen) atoms. The molecule has 4 nitrogen and oxygen atoms in total. The van der Waals surface area contributed by atoms with Crippen LogP contribution in [-0.2, 0) is 6.54 Å². The zero-order valence-corrected chi connectivity index (χ0v) is 7.65. The highest BCUT2D eigenvalue weighted by Crippen LogP contribution is 1.99. The van der Waals surface area contributed by atoms with Crippen molar-refractivity contribution in [3.8, 4) is 0 Å². The van der Waals surface area contributed by atoms with Crippen molar-refractivity contribution >= 4 is 0 Å². The van der Waals surface area contributed by atoms with Gasteiger partial charge in [0.1, 0.15) is 5.82 Å². The van der Waals surface area contributed by atoms with Crippen molar-refractivity contribution in [2.75, 3.05) is 13.2 Å². The van der Waals surface area contributed by atoms with Gasteiger partial charge in [-0.25, -0.2) is 4.39 Å². The second-order valence-corrected chi connectivity index (χ2v) is 2.98. The predicted molar refractivity (Wildman–Crippen MR) is 49.0 cm³/mol. The minimum atomic E-state index is -0.781. The number of aliphatic hydroxyl groups is 2. The van der Waals surface area contributed by atoms with Crippen molar-refractivity contribution in [3.63, 3.8) is 0 Å². The number of nitrogens with zero attached hydrogens (tertiary/aromatic N) is 1. The maximum absolute atomic E-state index is 12.6. The lowest BCUT2D eigenvalue weighted by atomic mass is 10.2. The molecular weight excluding hydrogens is 187 g/mol. The molecular formula is C9H13FN2O2. The number of hydrogen-bond acceptors (Lipinski definition) is 4. The lowest BCUT2D eigenvalue weighted by Gasteiger charge is -2.08. The third kappa shape index (κ3) is 3.78.